The van der Waals surface area contributed by atoms with Crippen molar-refractivity contribution in [1.82, 2.24) is 10.7 Å². The van der Waals surface area contributed by atoms with Crippen molar-refractivity contribution in [3.8, 4) is 11.5 Å². The number of halogens is 1. The van der Waals surface area contributed by atoms with Crippen LogP contribution in [0.2, 0.25) is 0 Å². The number of carbonyl (C=O) groups excluding carboxylic acids is 2. The summed E-state index contributed by atoms with van der Waals surface area (Å²) in [6, 6.07) is 20.9. The van der Waals surface area contributed by atoms with Crippen molar-refractivity contribution in [2.24, 2.45) is 5.10 Å². The summed E-state index contributed by atoms with van der Waals surface area (Å²) in [4.78, 5) is 25.3. The van der Waals surface area contributed by atoms with Gasteiger partial charge in [0.2, 0.25) is 0 Å². The zero-order valence-corrected chi connectivity index (χ0v) is 18.7. The molecule has 0 saturated heterocycles. The van der Waals surface area contributed by atoms with Gasteiger partial charge in [-0.25, -0.2) is 5.43 Å². The lowest BCUT2D eigenvalue weighted by Crippen LogP contribution is -2.32. The van der Waals surface area contributed by atoms with Gasteiger partial charge in [0.05, 0.1) is 17.8 Å². The fourth-order valence-electron chi connectivity index (χ4n) is 2.71. The number of nitrogens with one attached hydrogen (secondary N) is 2. The predicted molar refractivity (Wildman–Crippen MR) is 126 cm³/mol. The first kappa shape index (κ1) is 22.8. The number of hydrogen-bond acceptors (Lipinski definition) is 5. The highest BCUT2D eigenvalue weighted by Gasteiger charge is 2.14. The zero-order chi connectivity index (χ0) is 22.9. The number of carbonyl (C=O) groups is 2. The number of nitrogens with zero attached hydrogens (tertiary/aromatic N) is 1. The second kappa shape index (κ2) is 10.9. The smallest absolute Gasteiger partial charge is 0.287 e. The number of methoxy groups -OCH3 is 1. The van der Waals surface area contributed by atoms with Gasteiger partial charge in [0.15, 0.2) is 11.5 Å². The molecule has 0 aliphatic rings. The van der Waals surface area contributed by atoms with Crippen molar-refractivity contribution < 1.29 is 19.4 Å². The van der Waals surface area contributed by atoms with E-state index in [-0.39, 0.29) is 17.2 Å². The normalized spacial score (nSPS) is 11.2. The van der Waals surface area contributed by atoms with Crippen LogP contribution in [-0.4, -0.2) is 30.2 Å². The molecule has 7 nitrogen and oxygen atoms in total. The molecule has 0 spiro atoms. The molecule has 3 rings (SSSR count). The molecule has 32 heavy (non-hydrogen) atoms. The van der Waals surface area contributed by atoms with E-state index < -0.39 is 11.8 Å². The maximum absolute atomic E-state index is 12.8. The minimum absolute atomic E-state index is 0.0340. The second-order valence-corrected chi connectivity index (χ2v) is 7.40. The van der Waals surface area contributed by atoms with Crippen LogP contribution in [0.1, 0.15) is 21.5 Å². The minimum Gasteiger partial charge on any atom is -0.503 e. The van der Waals surface area contributed by atoms with Crippen molar-refractivity contribution in [3.63, 3.8) is 0 Å². The van der Waals surface area contributed by atoms with E-state index in [2.05, 4.69) is 31.8 Å². The summed E-state index contributed by atoms with van der Waals surface area (Å²) < 4.78 is 5.52. The van der Waals surface area contributed by atoms with E-state index in [1.165, 1.54) is 13.3 Å². The Kier molecular flexibility index (Phi) is 7.77. The summed E-state index contributed by atoms with van der Waals surface area (Å²) in [5.41, 5.74) is 4.18. The monoisotopic (exact) mass is 493 g/mol. The van der Waals surface area contributed by atoms with E-state index in [1.54, 1.807) is 48.5 Å². The number of hydrogen-bond donors (Lipinski definition) is 3. The van der Waals surface area contributed by atoms with Gasteiger partial charge in [-0.2, -0.15) is 5.10 Å². The Morgan fingerprint density at radius 1 is 1.00 bits per heavy atom. The van der Waals surface area contributed by atoms with Crippen LogP contribution in [0.3, 0.4) is 0 Å². The third-order valence-electron chi connectivity index (χ3n) is 4.29. The minimum atomic E-state index is -0.598. The lowest BCUT2D eigenvalue weighted by molar-refractivity contribution is -0.117. The van der Waals surface area contributed by atoms with E-state index >= 15 is 0 Å². The molecular weight excluding hydrogens is 474 g/mol. The third kappa shape index (κ3) is 6.05. The molecule has 0 bridgehead atoms. The molecule has 0 atom stereocenters. The van der Waals surface area contributed by atoms with Crippen LogP contribution in [0.25, 0.3) is 6.08 Å². The Morgan fingerprint density at radius 3 is 2.31 bits per heavy atom. The van der Waals surface area contributed by atoms with Crippen LogP contribution in [-0.2, 0) is 4.79 Å². The number of amides is 2. The summed E-state index contributed by atoms with van der Waals surface area (Å²) in [6.07, 6.45) is 2.95. The van der Waals surface area contributed by atoms with Gasteiger partial charge in [-0.3, -0.25) is 9.59 Å². The van der Waals surface area contributed by atoms with Gasteiger partial charge in [0, 0.05) is 5.56 Å². The fourth-order valence-corrected chi connectivity index (χ4v) is 3.17. The maximum Gasteiger partial charge on any atom is 0.287 e. The standard InChI is InChI=1S/C24H20BrN3O4/c1-32-21-14-17(12-19(25)22(21)29)15-26-28-24(31)20(13-16-8-4-2-5-9-16)27-23(30)18-10-6-3-7-11-18/h2-15,29H,1H3,(H,27,30)(H,28,31)/b20-13-,26-15+. The third-order valence-corrected chi connectivity index (χ3v) is 4.89. The van der Waals surface area contributed by atoms with Crippen LogP contribution < -0.4 is 15.5 Å². The molecule has 8 heteroatoms. The highest BCUT2D eigenvalue weighted by atomic mass is 79.9. The van der Waals surface area contributed by atoms with Gasteiger partial charge in [-0.05, 0) is 57.4 Å². The average Bonchev–Trinajstić information content (AvgIpc) is 2.81. The van der Waals surface area contributed by atoms with Crippen LogP contribution in [0.5, 0.6) is 11.5 Å². The lowest BCUT2D eigenvalue weighted by Gasteiger charge is -2.09. The molecule has 0 aromatic heterocycles. The quantitative estimate of drug-likeness (QED) is 0.262. The number of ether oxygens (including phenoxy) is 1. The number of phenols is 1. The van der Waals surface area contributed by atoms with Gasteiger partial charge in [-0.1, -0.05) is 48.5 Å². The molecule has 3 N–H and O–H groups in total. The van der Waals surface area contributed by atoms with Crippen molar-refractivity contribution >= 4 is 40.0 Å². The number of hydrazone groups is 1. The summed E-state index contributed by atoms with van der Waals surface area (Å²) in [5, 5.41) is 16.5. The number of aromatic hydroxyl groups is 1. The number of phenolic OH excluding ortho intramolecular Hbond substituents is 1. The summed E-state index contributed by atoms with van der Waals surface area (Å²) in [5.74, 6) is -0.796. The molecule has 0 unspecified atom stereocenters. The van der Waals surface area contributed by atoms with Crippen molar-refractivity contribution in [1.29, 1.82) is 0 Å². The van der Waals surface area contributed by atoms with Gasteiger partial charge in [0.25, 0.3) is 11.8 Å². The predicted octanol–water partition coefficient (Wildman–Crippen LogP) is 4.08. The van der Waals surface area contributed by atoms with Gasteiger partial charge in [0.1, 0.15) is 5.70 Å². The molecule has 162 valence electrons. The van der Waals surface area contributed by atoms with Crippen LogP contribution >= 0.6 is 15.9 Å². The molecule has 0 aliphatic heterocycles. The molecule has 0 heterocycles. The summed E-state index contributed by atoms with van der Waals surface area (Å²) >= 11 is 3.23. The first-order valence-electron chi connectivity index (χ1n) is 9.51. The zero-order valence-electron chi connectivity index (χ0n) is 17.1. The van der Waals surface area contributed by atoms with Crippen molar-refractivity contribution in [2.45, 2.75) is 0 Å². The van der Waals surface area contributed by atoms with Crippen LogP contribution in [0.4, 0.5) is 0 Å². The lowest BCUT2D eigenvalue weighted by atomic mass is 10.1. The molecule has 0 radical (unpaired) electrons. The second-order valence-electron chi connectivity index (χ2n) is 6.54. The highest BCUT2D eigenvalue weighted by Crippen LogP contribution is 2.34. The molecule has 0 aliphatic carbocycles. The SMILES string of the molecule is COc1cc(/C=N/NC(=O)/C(=C/c2ccccc2)NC(=O)c2ccccc2)cc(Br)c1O. The average molecular weight is 494 g/mol. The molecule has 0 saturated carbocycles. The van der Waals surface area contributed by atoms with Crippen LogP contribution in [0, 0.1) is 0 Å². The van der Waals surface area contributed by atoms with Gasteiger partial charge >= 0.3 is 0 Å². The summed E-state index contributed by atoms with van der Waals surface area (Å²) in [7, 11) is 1.43. The molecule has 2 amide bonds. The van der Waals surface area contributed by atoms with E-state index in [9.17, 15) is 14.7 Å². The molecule has 3 aromatic rings. The molecular formula is C24H20BrN3O4. The Bertz CT molecular complexity index is 1160. The van der Waals surface area contributed by atoms with Crippen molar-refractivity contribution in [3.05, 3.63) is 99.7 Å². The Labute approximate surface area is 193 Å². The van der Waals surface area contributed by atoms with Gasteiger partial charge < -0.3 is 15.2 Å². The van der Waals surface area contributed by atoms with E-state index in [0.717, 1.165) is 5.56 Å². The first-order valence-corrected chi connectivity index (χ1v) is 10.3. The first-order chi connectivity index (χ1) is 15.5. The maximum atomic E-state index is 12.8. The summed E-state index contributed by atoms with van der Waals surface area (Å²) in [6.45, 7) is 0. The van der Waals surface area contributed by atoms with E-state index in [1.807, 2.05) is 30.3 Å². The number of rotatable bonds is 7. The fraction of sp³-hybridized carbons (Fsp3) is 0.0417. The Hall–Kier alpha value is -3.91. The topological polar surface area (TPSA) is 100 Å². The van der Waals surface area contributed by atoms with Crippen LogP contribution in [0.15, 0.2) is 88.1 Å². The number of benzene rings is 3. The Balaban J connectivity index is 1.79. The molecule has 0 fully saturated rings. The van der Waals surface area contributed by atoms with Gasteiger partial charge in [-0.15, -0.1) is 0 Å². The Morgan fingerprint density at radius 2 is 1.66 bits per heavy atom. The van der Waals surface area contributed by atoms with E-state index in [4.69, 9.17) is 4.74 Å². The van der Waals surface area contributed by atoms with E-state index in [0.29, 0.717) is 15.6 Å². The largest absolute Gasteiger partial charge is 0.503 e. The van der Waals surface area contributed by atoms with Crippen molar-refractivity contribution in [2.75, 3.05) is 7.11 Å². The highest BCUT2D eigenvalue weighted by molar-refractivity contribution is 9.10. The molecule has 3 aromatic carbocycles.